The van der Waals surface area contributed by atoms with Crippen molar-refractivity contribution < 1.29 is 4.42 Å². The number of aromatic amines is 1. The Morgan fingerprint density at radius 2 is 1.81 bits per heavy atom. The van der Waals surface area contributed by atoms with Crippen molar-refractivity contribution in [3.05, 3.63) is 46.4 Å². The van der Waals surface area contributed by atoms with Gasteiger partial charge < -0.3 is 10.2 Å². The van der Waals surface area contributed by atoms with Crippen LogP contribution in [0, 0.1) is 20.8 Å². The summed E-state index contributed by atoms with van der Waals surface area (Å²) in [5, 5.41) is 7.81. The summed E-state index contributed by atoms with van der Waals surface area (Å²) in [5.41, 5.74) is 10.6. The third-order valence-electron chi connectivity index (χ3n) is 3.75. The Morgan fingerprint density at radius 3 is 2.43 bits per heavy atom. The highest BCUT2D eigenvalue weighted by atomic mass is 35.5. The van der Waals surface area contributed by atoms with Gasteiger partial charge in [-0.15, -0.1) is 0 Å². The second-order valence-corrected chi connectivity index (χ2v) is 5.46. The zero-order valence-electron chi connectivity index (χ0n) is 12.1. The molecule has 4 nitrogen and oxygen atoms in total. The highest BCUT2D eigenvalue weighted by Gasteiger charge is 2.22. The van der Waals surface area contributed by atoms with Gasteiger partial charge in [-0.2, -0.15) is 5.10 Å². The van der Waals surface area contributed by atoms with Crippen LogP contribution in [0.4, 0.5) is 5.82 Å². The van der Waals surface area contributed by atoms with Crippen molar-refractivity contribution in [2.45, 2.75) is 20.8 Å². The topological polar surface area (TPSA) is 67.8 Å². The monoisotopic (exact) mass is 301 g/mol. The molecule has 3 N–H and O–H groups in total. The Kier molecular flexibility index (Phi) is 3.26. The van der Waals surface area contributed by atoms with Crippen LogP contribution in [-0.4, -0.2) is 10.2 Å². The lowest BCUT2D eigenvalue weighted by Crippen LogP contribution is -1.90. The second kappa shape index (κ2) is 4.97. The first-order valence-corrected chi connectivity index (χ1v) is 7.04. The number of benzene rings is 1. The number of nitrogen functional groups attached to an aromatic ring is 1. The lowest BCUT2D eigenvalue weighted by atomic mass is 9.98. The lowest BCUT2D eigenvalue weighted by Gasteiger charge is -2.07. The fourth-order valence-corrected chi connectivity index (χ4v) is 2.86. The number of nitrogens with two attached hydrogens (primary N) is 1. The summed E-state index contributed by atoms with van der Waals surface area (Å²) < 4.78 is 5.71. The fraction of sp³-hybridized carbons (Fsp3) is 0.188. The van der Waals surface area contributed by atoms with E-state index in [-0.39, 0.29) is 0 Å². The summed E-state index contributed by atoms with van der Waals surface area (Å²) in [5.74, 6) is 2.15. The van der Waals surface area contributed by atoms with Gasteiger partial charge in [0.15, 0.2) is 5.82 Å². The summed E-state index contributed by atoms with van der Waals surface area (Å²) in [6.45, 7) is 5.90. The molecule has 0 aliphatic rings. The summed E-state index contributed by atoms with van der Waals surface area (Å²) in [6, 6.07) is 7.59. The maximum atomic E-state index is 6.31. The standard InChI is InChI=1S/C16H16ClN3O/c1-8-9(2)21-10(3)13(8)15-14(16(18)20-19-15)11-6-4-5-7-12(11)17/h4-7H,1-3H3,(H3,18,19,20). The summed E-state index contributed by atoms with van der Waals surface area (Å²) in [4.78, 5) is 0. The van der Waals surface area contributed by atoms with Crippen LogP contribution in [0.3, 0.4) is 0 Å². The van der Waals surface area contributed by atoms with Gasteiger partial charge in [0.2, 0.25) is 0 Å². The van der Waals surface area contributed by atoms with Crippen LogP contribution < -0.4 is 5.73 Å². The van der Waals surface area contributed by atoms with Gasteiger partial charge in [0.05, 0.1) is 11.3 Å². The molecule has 0 atom stereocenters. The molecule has 0 fully saturated rings. The maximum absolute atomic E-state index is 6.31. The number of anilines is 1. The number of aryl methyl sites for hydroxylation is 2. The van der Waals surface area contributed by atoms with E-state index in [1.54, 1.807) is 0 Å². The van der Waals surface area contributed by atoms with E-state index < -0.39 is 0 Å². The van der Waals surface area contributed by atoms with Crippen LogP contribution in [0.25, 0.3) is 22.4 Å². The minimum atomic E-state index is 0.427. The molecule has 3 rings (SSSR count). The molecule has 2 aromatic heterocycles. The van der Waals surface area contributed by atoms with E-state index in [2.05, 4.69) is 10.2 Å². The van der Waals surface area contributed by atoms with Crippen LogP contribution in [0.15, 0.2) is 28.7 Å². The van der Waals surface area contributed by atoms with Crippen molar-refractivity contribution in [2.24, 2.45) is 0 Å². The SMILES string of the molecule is Cc1oc(C)c(-c2[nH]nc(N)c2-c2ccccc2Cl)c1C. The molecule has 0 bridgehead atoms. The van der Waals surface area contributed by atoms with Crippen molar-refractivity contribution in [1.29, 1.82) is 0 Å². The van der Waals surface area contributed by atoms with Gasteiger partial charge in [-0.3, -0.25) is 5.10 Å². The Bertz CT molecular complexity index is 817. The van der Waals surface area contributed by atoms with Gasteiger partial charge in [0.1, 0.15) is 11.5 Å². The fourth-order valence-electron chi connectivity index (χ4n) is 2.63. The number of aromatic nitrogens is 2. The molecule has 0 aliphatic heterocycles. The summed E-state index contributed by atoms with van der Waals surface area (Å²) in [6.07, 6.45) is 0. The van der Waals surface area contributed by atoms with Crippen molar-refractivity contribution in [1.82, 2.24) is 10.2 Å². The van der Waals surface area contributed by atoms with E-state index in [1.165, 1.54) is 0 Å². The first-order chi connectivity index (χ1) is 10.0. The van der Waals surface area contributed by atoms with Crippen LogP contribution in [0.2, 0.25) is 5.02 Å². The number of hydrogen-bond acceptors (Lipinski definition) is 3. The molecule has 0 saturated carbocycles. The summed E-state index contributed by atoms with van der Waals surface area (Å²) in [7, 11) is 0. The van der Waals surface area contributed by atoms with E-state index in [0.29, 0.717) is 10.8 Å². The molecule has 0 unspecified atom stereocenters. The molecule has 21 heavy (non-hydrogen) atoms. The minimum Gasteiger partial charge on any atom is -0.466 e. The molecule has 0 aliphatic carbocycles. The first kappa shape index (κ1) is 13.8. The molecule has 5 heteroatoms. The number of furan rings is 1. The van der Waals surface area contributed by atoms with Crippen molar-refractivity contribution in [3.8, 4) is 22.4 Å². The number of nitrogens with one attached hydrogen (secondary N) is 1. The number of rotatable bonds is 2. The van der Waals surface area contributed by atoms with E-state index in [9.17, 15) is 0 Å². The molecule has 1 aromatic carbocycles. The van der Waals surface area contributed by atoms with Crippen LogP contribution in [-0.2, 0) is 0 Å². The van der Waals surface area contributed by atoms with Crippen LogP contribution >= 0.6 is 11.6 Å². The van der Waals surface area contributed by atoms with E-state index in [0.717, 1.165) is 39.5 Å². The van der Waals surface area contributed by atoms with Gasteiger partial charge in [-0.1, -0.05) is 29.8 Å². The smallest absolute Gasteiger partial charge is 0.153 e. The second-order valence-electron chi connectivity index (χ2n) is 5.05. The molecule has 3 aromatic rings. The molecular weight excluding hydrogens is 286 g/mol. The molecule has 2 heterocycles. The Hall–Kier alpha value is -2.20. The van der Waals surface area contributed by atoms with Gasteiger partial charge >= 0.3 is 0 Å². The third-order valence-corrected chi connectivity index (χ3v) is 4.08. The quantitative estimate of drug-likeness (QED) is 0.732. The Morgan fingerprint density at radius 1 is 1.10 bits per heavy atom. The zero-order chi connectivity index (χ0) is 15.1. The molecular formula is C16H16ClN3O. The number of halogens is 1. The predicted molar refractivity (Wildman–Crippen MR) is 85.4 cm³/mol. The molecule has 108 valence electrons. The molecule has 0 amide bonds. The van der Waals surface area contributed by atoms with Gasteiger partial charge in [0.25, 0.3) is 0 Å². The lowest BCUT2D eigenvalue weighted by molar-refractivity contribution is 0.503. The van der Waals surface area contributed by atoms with Crippen molar-refractivity contribution in [3.63, 3.8) is 0 Å². The number of H-pyrrole nitrogens is 1. The van der Waals surface area contributed by atoms with Crippen LogP contribution in [0.1, 0.15) is 17.1 Å². The average molecular weight is 302 g/mol. The first-order valence-electron chi connectivity index (χ1n) is 6.66. The minimum absolute atomic E-state index is 0.427. The number of hydrogen-bond donors (Lipinski definition) is 2. The molecule has 0 radical (unpaired) electrons. The number of nitrogens with zero attached hydrogens (tertiary/aromatic N) is 1. The average Bonchev–Trinajstić information content (AvgIpc) is 2.92. The Labute approximate surface area is 127 Å². The third kappa shape index (κ3) is 2.12. The normalized spacial score (nSPS) is 11.0. The summed E-state index contributed by atoms with van der Waals surface area (Å²) >= 11 is 6.31. The largest absolute Gasteiger partial charge is 0.466 e. The van der Waals surface area contributed by atoms with E-state index in [1.807, 2.05) is 45.0 Å². The van der Waals surface area contributed by atoms with Crippen LogP contribution in [0.5, 0.6) is 0 Å². The highest BCUT2D eigenvalue weighted by Crippen LogP contribution is 2.41. The Balaban J connectivity index is 2.30. The van der Waals surface area contributed by atoms with E-state index >= 15 is 0 Å². The highest BCUT2D eigenvalue weighted by molar-refractivity contribution is 6.33. The van der Waals surface area contributed by atoms with Crippen molar-refractivity contribution >= 4 is 17.4 Å². The molecule has 0 saturated heterocycles. The zero-order valence-corrected chi connectivity index (χ0v) is 12.9. The van der Waals surface area contributed by atoms with Gasteiger partial charge in [0, 0.05) is 16.1 Å². The maximum Gasteiger partial charge on any atom is 0.153 e. The molecule has 0 spiro atoms. The van der Waals surface area contributed by atoms with Gasteiger partial charge in [-0.05, 0) is 32.4 Å². The van der Waals surface area contributed by atoms with Crippen molar-refractivity contribution in [2.75, 3.05) is 5.73 Å². The van der Waals surface area contributed by atoms with Gasteiger partial charge in [-0.25, -0.2) is 0 Å². The predicted octanol–water partition coefficient (Wildman–Crippen LogP) is 4.50. The van der Waals surface area contributed by atoms with E-state index in [4.69, 9.17) is 21.8 Å².